The van der Waals surface area contributed by atoms with Crippen LogP contribution in [0.15, 0.2) is 69.9 Å². The first kappa shape index (κ1) is 23.3. The molecule has 0 fully saturated rings. The molecular formula is C28H26N2O6. The van der Waals surface area contributed by atoms with Crippen LogP contribution in [0.1, 0.15) is 5.82 Å². The van der Waals surface area contributed by atoms with Gasteiger partial charge in [0.15, 0.2) is 16.9 Å². The van der Waals surface area contributed by atoms with Crippen LogP contribution in [-0.4, -0.2) is 37.5 Å². The largest absolute Gasteiger partial charge is 0.493 e. The van der Waals surface area contributed by atoms with Gasteiger partial charge in [-0.05, 0) is 43.3 Å². The Bertz CT molecular complexity index is 1590. The molecule has 0 N–H and O–H groups in total. The van der Waals surface area contributed by atoms with Crippen molar-refractivity contribution in [2.24, 2.45) is 0 Å². The van der Waals surface area contributed by atoms with Gasteiger partial charge in [0.2, 0.25) is 5.75 Å². The number of benzene rings is 3. The number of para-hydroxylation sites is 2. The van der Waals surface area contributed by atoms with E-state index in [1.165, 1.54) is 27.4 Å². The van der Waals surface area contributed by atoms with Crippen molar-refractivity contribution in [3.8, 4) is 34.3 Å². The van der Waals surface area contributed by atoms with Gasteiger partial charge in [0.05, 0.1) is 44.3 Å². The van der Waals surface area contributed by atoms with E-state index in [0.717, 1.165) is 16.9 Å². The van der Waals surface area contributed by atoms with Crippen molar-refractivity contribution in [1.29, 1.82) is 0 Å². The second-order valence-electron chi connectivity index (χ2n) is 8.19. The Morgan fingerprint density at radius 1 is 0.917 bits per heavy atom. The molecule has 2 heterocycles. The molecule has 0 saturated carbocycles. The van der Waals surface area contributed by atoms with Crippen LogP contribution in [0.3, 0.4) is 0 Å². The minimum Gasteiger partial charge on any atom is -0.493 e. The fraction of sp³-hybridized carbons (Fsp3) is 0.214. The molecule has 0 aliphatic heterocycles. The summed E-state index contributed by atoms with van der Waals surface area (Å²) < 4.78 is 30.5. The molecule has 184 valence electrons. The molecule has 36 heavy (non-hydrogen) atoms. The lowest BCUT2D eigenvalue weighted by atomic mass is 10.1. The van der Waals surface area contributed by atoms with Crippen molar-refractivity contribution in [2.45, 2.75) is 13.5 Å². The summed E-state index contributed by atoms with van der Waals surface area (Å²) in [5.74, 6) is 3.31. The van der Waals surface area contributed by atoms with Crippen LogP contribution < -0.4 is 24.4 Å². The quantitative estimate of drug-likeness (QED) is 0.297. The summed E-state index contributed by atoms with van der Waals surface area (Å²) in [6.45, 7) is 3.05. The normalized spacial score (nSPS) is 11.1. The zero-order valence-electron chi connectivity index (χ0n) is 20.5. The number of imidazole rings is 1. The second kappa shape index (κ2) is 9.65. The molecule has 0 aliphatic carbocycles. The predicted molar refractivity (Wildman–Crippen MR) is 138 cm³/mol. The van der Waals surface area contributed by atoms with Crippen molar-refractivity contribution in [3.63, 3.8) is 0 Å². The fourth-order valence-electron chi connectivity index (χ4n) is 4.32. The summed E-state index contributed by atoms with van der Waals surface area (Å²) >= 11 is 0. The topological polar surface area (TPSA) is 85.0 Å². The highest BCUT2D eigenvalue weighted by Gasteiger charge is 2.17. The summed E-state index contributed by atoms with van der Waals surface area (Å²) in [7, 11) is 4.61. The monoisotopic (exact) mass is 486 g/mol. The van der Waals surface area contributed by atoms with Gasteiger partial charge in [-0.1, -0.05) is 12.1 Å². The van der Waals surface area contributed by atoms with Crippen molar-refractivity contribution < 1.29 is 23.4 Å². The molecule has 0 radical (unpaired) electrons. The smallest absolute Gasteiger partial charge is 0.203 e. The maximum absolute atomic E-state index is 12.8. The van der Waals surface area contributed by atoms with Crippen molar-refractivity contribution >= 4 is 22.0 Å². The lowest BCUT2D eigenvalue weighted by Crippen LogP contribution is -2.09. The fourth-order valence-corrected chi connectivity index (χ4v) is 4.32. The summed E-state index contributed by atoms with van der Waals surface area (Å²) in [5.41, 5.74) is 2.91. The predicted octanol–water partition coefficient (Wildman–Crippen LogP) is 5.22. The van der Waals surface area contributed by atoms with Crippen molar-refractivity contribution in [2.75, 3.05) is 27.9 Å². The molecular weight excluding hydrogens is 460 g/mol. The molecule has 0 spiro atoms. The van der Waals surface area contributed by atoms with Crippen LogP contribution in [0.4, 0.5) is 0 Å². The molecule has 0 aliphatic rings. The summed E-state index contributed by atoms with van der Waals surface area (Å²) in [6, 6.07) is 18.2. The van der Waals surface area contributed by atoms with Crippen LogP contribution >= 0.6 is 0 Å². The first-order valence-corrected chi connectivity index (χ1v) is 11.5. The zero-order valence-corrected chi connectivity index (χ0v) is 20.5. The molecule has 5 aromatic rings. The third-order valence-corrected chi connectivity index (χ3v) is 6.08. The molecule has 3 aromatic carbocycles. The number of hydrogen-bond donors (Lipinski definition) is 0. The summed E-state index contributed by atoms with van der Waals surface area (Å²) in [5, 5.41) is 0.468. The van der Waals surface area contributed by atoms with Gasteiger partial charge in [0.1, 0.15) is 29.5 Å². The van der Waals surface area contributed by atoms with E-state index in [-0.39, 0.29) is 5.43 Å². The van der Waals surface area contributed by atoms with E-state index in [1.54, 1.807) is 30.3 Å². The summed E-state index contributed by atoms with van der Waals surface area (Å²) in [6.07, 6.45) is 0. The SMILES string of the molecule is COc1cc(-c2cc(=O)c3ccc(OCCn4c(C)nc5ccccc54)cc3o2)cc(OC)c1OC. The minimum atomic E-state index is -0.160. The number of aromatic nitrogens is 2. The number of fused-ring (bicyclic) bond motifs is 2. The molecule has 5 rings (SSSR count). The molecule has 0 unspecified atom stereocenters. The second-order valence-corrected chi connectivity index (χ2v) is 8.19. The number of methoxy groups -OCH3 is 3. The lowest BCUT2D eigenvalue weighted by Gasteiger charge is -2.14. The number of aryl methyl sites for hydroxylation is 1. The Morgan fingerprint density at radius 3 is 2.39 bits per heavy atom. The third kappa shape index (κ3) is 4.22. The number of nitrogens with zero attached hydrogens (tertiary/aromatic N) is 2. The Hall–Kier alpha value is -4.46. The van der Waals surface area contributed by atoms with Crippen molar-refractivity contribution in [1.82, 2.24) is 9.55 Å². The van der Waals surface area contributed by atoms with E-state index >= 15 is 0 Å². The van der Waals surface area contributed by atoms with Gasteiger partial charge in [0.25, 0.3) is 0 Å². The van der Waals surface area contributed by atoms with Crippen LogP contribution in [0.5, 0.6) is 23.0 Å². The molecule has 8 nitrogen and oxygen atoms in total. The summed E-state index contributed by atoms with van der Waals surface area (Å²) in [4.78, 5) is 17.4. The third-order valence-electron chi connectivity index (χ3n) is 6.08. The Kier molecular flexibility index (Phi) is 6.25. The van der Waals surface area contributed by atoms with Crippen LogP contribution in [0, 0.1) is 6.92 Å². The molecule has 0 bridgehead atoms. The Morgan fingerprint density at radius 2 is 1.67 bits per heavy atom. The molecule has 2 aromatic heterocycles. The molecule has 8 heteroatoms. The van der Waals surface area contributed by atoms with E-state index in [4.69, 9.17) is 23.4 Å². The maximum atomic E-state index is 12.8. The van der Waals surface area contributed by atoms with E-state index in [2.05, 4.69) is 9.55 Å². The first-order valence-electron chi connectivity index (χ1n) is 11.5. The van der Waals surface area contributed by atoms with E-state index in [0.29, 0.717) is 58.4 Å². The van der Waals surface area contributed by atoms with Crippen LogP contribution in [0.25, 0.3) is 33.3 Å². The van der Waals surface area contributed by atoms with Gasteiger partial charge in [-0.25, -0.2) is 4.98 Å². The van der Waals surface area contributed by atoms with Gasteiger partial charge < -0.3 is 27.9 Å². The highest BCUT2D eigenvalue weighted by Crippen LogP contribution is 2.41. The van der Waals surface area contributed by atoms with Gasteiger partial charge in [0, 0.05) is 17.7 Å². The Balaban J connectivity index is 1.43. The number of ether oxygens (including phenoxy) is 4. The van der Waals surface area contributed by atoms with Gasteiger partial charge in [-0.2, -0.15) is 0 Å². The standard InChI is InChI=1S/C28H26N2O6/c1-17-29-21-7-5-6-8-22(21)30(17)11-12-35-19-9-10-20-23(31)16-24(36-25(20)15-19)18-13-26(32-2)28(34-4)27(14-18)33-3/h5-10,13-16H,11-12H2,1-4H3. The average Bonchev–Trinajstić information content (AvgIpc) is 3.22. The van der Waals surface area contributed by atoms with E-state index < -0.39 is 0 Å². The molecule has 0 amide bonds. The van der Waals surface area contributed by atoms with Crippen LogP contribution in [-0.2, 0) is 6.54 Å². The highest BCUT2D eigenvalue weighted by atomic mass is 16.5. The minimum absolute atomic E-state index is 0.160. The molecule has 0 atom stereocenters. The number of rotatable bonds is 8. The van der Waals surface area contributed by atoms with Gasteiger partial charge >= 0.3 is 0 Å². The van der Waals surface area contributed by atoms with E-state index in [1.807, 2.05) is 31.2 Å². The zero-order chi connectivity index (χ0) is 25.2. The maximum Gasteiger partial charge on any atom is 0.203 e. The number of hydrogen-bond acceptors (Lipinski definition) is 7. The van der Waals surface area contributed by atoms with Crippen LogP contribution in [0.2, 0.25) is 0 Å². The average molecular weight is 487 g/mol. The van der Waals surface area contributed by atoms with Gasteiger partial charge in [-0.3, -0.25) is 4.79 Å². The van der Waals surface area contributed by atoms with Gasteiger partial charge in [-0.15, -0.1) is 0 Å². The lowest BCUT2D eigenvalue weighted by molar-refractivity contribution is 0.299. The first-order chi connectivity index (χ1) is 17.5. The Labute approximate surface area is 207 Å². The van der Waals surface area contributed by atoms with Crippen molar-refractivity contribution in [3.05, 3.63) is 76.7 Å². The van der Waals surface area contributed by atoms with E-state index in [9.17, 15) is 4.79 Å². The molecule has 0 saturated heterocycles. The highest BCUT2D eigenvalue weighted by molar-refractivity contribution is 5.81.